The van der Waals surface area contributed by atoms with Gasteiger partial charge in [-0.1, -0.05) is 13.0 Å². The van der Waals surface area contributed by atoms with Gasteiger partial charge in [0.15, 0.2) is 0 Å². The van der Waals surface area contributed by atoms with Crippen LogP contribution in [0.5, 0.6) is 0 Å². The molecule has 4 rings (SSSR count). The number of nitrogens with one attached hydrogen (secondary N) is 1. The van der Waals surface area contributed by atoms with Gasteiger partial charge in [-0.25, -0.2) is 9.97 Å². The van der Waals surface area contributed by atoms with Gasteiger partial charge in [0.2, 0.25) is 0 Å². The molecule has 2 aromatic heterocycles. The number of aliphatic hydroxyl groups excluding tert-OH is 1. The van der Waals surface area contributed by atoms with E-state index in [1.165, 1.54) is 0 Å². The van der Waals surface area contributed by atoms with Gasteiger partial charge in [0.1, 0.15) is 24.1 Å². The maximum absolute atomic E-state index is 10.3. The number of hydrogen-bond acceptors (Lipinski definition) is 7. The molecule has 0 amide bonds. The summed E-state index contributed by atoms with van der Waals surface area (Å²) in [6, 6.07) is 1.96. The Morgan fingerprint density at radius 2 is 2.19 bits per heavy atom. The van der Waals surface area contributed by atoms with Gasteiger partial charge < -0.3 is 14.7 Å². The molecule has 1 saturated heterocycles. The van der Waals surface area contributed by atoms with Crippen molar-refractivity contribution < 1.29 is 9.84 Å². The normalized spacial score (nSPS) is 22.9. The molecule has 0 bridgehead atoms. The van der Waals surface area contributed by atoms with E-state index in [4.69, 9.17) is 4.74 Å². The fourth-order valence-electron chi connectivity index (χ4n) is 3.76. The van der Waals surface area contributed by atoms with Crippen molar-refractivity contribution >= 4 is 11.9 Å². The Morgan fingerprint density at radius 3 is 2.96 bits per heavy atom. The summed E-state index contributed by atoms with van der Waals surface area (Å²) in [6.07, 6.45) is 6.03. The van der Waals surface area contributed by atoms with Crippen LogP contribution < -0.4 is 4.90 Å². The Morgan fingerprint density at radius 1 is 1.30 bits per heavy atom. The largest absolute Gasteiger partial charge is 0.376 e. The highest BCUT2D eigenvalue weighted by Crippen LogP contribution is 2.30. The number of fused-ring (bicyclic) bond motifs is 1. The number of piperazine rings is 1. The number of β-amino-alcohol motifs (C(OH)–C–C–N with tert-alkyl or cyclic N) is 1. The molecular formula is C19H26N6O2. The van der Waals surface area contributed by atoms with Crippen LogP contribution in [0.25, 0.3) is 17.5 Å². The van der Waals surface area contributed by atoms with Crippen LogP contribution in [-0.4, -0.2) is 75.3 Å². The topological polar surface area (TPSA) is 90.4 Å². The summed E-state index contributed by atoms with van der Waals surface area (Å²) >= 11 is 0. The summed E-state index contributed by atoms with van der Waals surface area (Å²) in [4.78, 5) is 13.0. The number of anilines is 1. The van der Waals surface area contributed by atoms with E-state index in [1.54, 1.807) is 6.33 Å². The summed E-state index contributed by atoms with van der Waals surface area (Å²) in [5.74, 6) is 0.819. The van der Waals surface area contributed by atoms with Gasteiger partial charge in [-0.2, -0.15) is 5.10 Å². The second kappa shape index (κ2) is 7.75. The lowest BCUT2D eigenvalue weighted by Gasteiger charge is -2.38. The Bertz CT molecular complexity index is 820. The van der Waals surface area contributed by atoms with Crippen LogP contribution in [0.3, 0.4) is 0 Å². The van der Waals surface area contributed by atoms with Gasteiger partial charge in [0.05, 0.1) is 24.0 Å². The monoisotopic (exact) mass is 370 g/mol. The number of rotatable bonds is 5. The molecule has 0 radical (unpaired) electrons. The van der Waals surface area contributed by atoms with Crippen LogP contribution in [0.1, 0.15) is 25.1 Å². The minimum Gasteiger partial charge on any atom is -0.376 e. The standard InChI is InChI=1S/C19H26N6O2/c1-3-24-7-8-25(11-18(24)26)17-10-16(20-12-21-17)19-14-9-13(27-4-2)5-6-15(14)22-23-19/h5-6,10,12-13,18,26H,3-4,7-9,11H2,1-2H3,(H,22,23). The summed E-state index contributed by atoms with van der Waals surface area (Å²) in [5, 5.41) is 17.9. The van der Waals surface area contributed by atoms with Crippen LogP contribution in [0.4, 0.5) is 5.82 Å². The smallest absolute Gasteiger partial charge is 0.132 e. The van der Waals surface area contributed by atoms with Crippen molar-refractivity contribution in [2.45, 2.75) is 32.6 Å². The number of likely N-dealkylation sites (N-methyl/N-ethyl adjacent to an activating group) is 1. The van der Waals surface area contributed by atoms with Gasteiger partial charge in [0, 0.05) is 37.7 Å². The quantitative estimate of drug-likeness (QED) is 0.820. The molecule has 8 nitrogen and oxygen atoms in total. The van der Waals surface area contributed by atoms with Crippen molar-refractivity contribution in [3.8, 4) is 11.4 Å². The Balaban J connectivity index is 1.58. The summed E-state index contributed by atoms with van der Waals surface area (Å²) in [5.41, 5.74) is 3.76. The van der Waals surface area contributed by atoms with E-state index in [0.717, 1.165) is 54.5 Å². The molecule has 0 saturated carbocycles. The van der Waals surface area contributed by atoms with Crippen LogP contribution in [0.15, 0.2) is 18.5 Å². The minimum absolute atomic E-state index is 0.0671. The highest BCUT2D eigenvalue weighted by Gasteiger charge is 2.26. The first kappa shape index (κ1) is 18.1. The molecule has 0 aromatic carbocycles. The predicted octanol–water partition coefficient (Wildman–Crippen LogP) is 1.30. The molecule has 2 aromatic rings. The van der Waals surface area contributed by atoms with E-state index in [9.17, 15) is 5.11 Å². The minimum atomic E-state index is -0.475. The molecule has 2 N–H and O–H groups in total. The fourth-order valence-corrected chi connectivity index (χ4v) is 3.76. The highest BCUT2D eigenvalue weighted by atomic mass is 16.5. The molecule has 2 atom stereocenters. The average Bonchev–Trinajstić information content (AvgIpc) is 3.11. The fraction of sp³-hybridized carbons (Fsp3) is 0.526. The van der Waals surface area contributed by atoms with Crippen molar-refractivity contribution in [3.05, 3.63) is 29.7 Å². The molecule has 27 heavy (non-hydrogen) atoms. The maximum Gasteiger partial charge on any atom is 0.132 e. The zero-order chi connectivity index (χ0) is 18.8. The number of nitrogens with zero attached hydrogens (tertiary/aromatic N) is 5. The van der Waals surface area contributed by atoms with E-state index in [0.29, 0.717) is 13.2 Å². The van der Waals surface area contributed by atoms with Crippen LogP contribution in [0, 0.1) is 0 Å². The van der Waals surface area contributed by atoms with Crippen molar-refractivity contribution in [2.75, 3.05) is 37.7 Å². The molecule has 144 valence electrons. The number of aliphatic hydroxyl groups is 1. The lowest BCUT2D eigenvalue weighted by Crippen LogP contribution is -2.53. The van der Waals surface area contributed by atoms with Crippen LogP contribution >= 0.6 is 0 Å². The lowest BCUT2D eigenvalue weighted by atomic mass is 9.98. The molecular weight excluding hydrogens is 344 g/mol. The molecule has 3 heterocycles. The second-order valence-electron chi connectivity index (χ2n) is 6.84. The third-order valence-electron chi connectivity index (χ3n) is 5.25. The van der Waals surface area contributed by atoms with Crippen LogP contribution in [0.2, 0.25) is 0 Å². The first-order valence-corrected chi connectivity index (χ1v) is 9.56. The summed E-state index contributed by atoms with van der Waals surface area (Å²) in [7, 11) is 0. The van der Waals surface area contributed by atoms with E-state index >= 15 is 0 Å². The summed E-state index contributed by atoms with van der Waals surface area (Å²) in [6.45, 7) is 7.78. The van der Waals surface area contributed by atoms with Gasteiger partial charge in [-0.3, -0.25) is 10.00 Å². The molecule has 8 heteroatoms. The number of aromatic amines is 1. The van der Waals surface area contributed by atoms with Gasteiger partial charge in [0.25, 0.3) is 0 Å². The van der Waals surface area contributed by atoms with E-state index in [-0.39, 0.29) is 6.10 Å². The first-order chi connectivity index (χ1) is 13.2. The van der Waals surface area contributed by atoms with Gasteiger partial charge >= 0.3 is 0 Å². The lowest BCUT2D eigenvalue weighted by molar-refractivity contribution is 0.000121. The molecule has 1 aliphatic carbocycles. The van der Waals surface area contributed by atoms with Gasteiger partial charge in [-0.05, 0) is 19.5 Å². The third-order valence-corrected chi connectivity index (χ3v) is 5.25. The number of ether oxygens (including phenoxy) is 1. The zero-order valence-electron chi connectivity index (χ0n) is 15.8. The van der Waals surface area contributed by atoms with Crippen molar-refractivity contribution in [1.29, 1.82) is 0 Å². The molecule has 2 unspecified atom stereocenters. The van der Waals surface area contributed by atoms with Gasteiger partial charge in [-0.15, -0.1) is 0 Å². The summed E-state index contributed by atoms with van der Waals surface area (Å²) < 4.78 is 5.75. The maximum atomic E-state index is 10.3. The van der Waals surface area contributed by atoms with E-state index < -0.39 is 6.23 Å². The SMILES string of the molecule is CCOC1C=Cc2[nH]nc(-c3cc(N4CCN(CC)C(O)C4)ncn3)c2C1. The number of aromatic nitrogens is 4. The van der Waals surface area contributed by atoms with Crippen molar-refractivity contribution in [2.24, 2.45) is 0 Å². The zero-order valence-corrected chi connectivity index (χ0v) is 15.8. The van der Waals surface area contributed by atoms with E-state index in [1.807, 2.05) is 19.1 Å². The number of H-pyrrole nitrogens is 1. The van der Waals surface area contributed by atoms with E-state index in [2.05, 4.69) is 43.0 Å². The van der Waals surface area contributed by atoms with Crippen LogP contribution in [-0.2, 0) is 11.2 Å². The molecule has 1 fully saturated rings. The number of hydrogen-bond donors (Lipinski definition) is 2. The van der Waals surface area contributed by atoms with Crippen molar-refractivity contribution in [3.63, 3.8) is 0 Å². The Labute approximate surface area is 158 Å². The van der Waals surface area contributed by atoms with Crippen molar-refractivity contribution in [1.82, 2.24) is 25.1 Å². The molecule has 0 spiro atoms. The average molecular weight is 370 g/mol. The molecule has 2 aliphatic rings. The Hall–Kier alpha value is -2.29. The molecule has 1 aliphatic heterocycles. The predicted molar refractivity (Wildman–Crippen MR) is 103 cm³/mol. The third kappa shape index (κ3) is 3.60. The second-order valence-corrected chi connectivity index (χ2v) is 6.84. The highest BCUT2D eigenvalue weighted by molar-refractivity contribution is 5.69. The Kier molecular flexibility index (Phi) is 5.20. The first-order valence-electron chi connectivity index (χ1n) is 9.56.